The van der Waals surface area contributed by atoms with Gasteiger partial charge in [-0.3, -0.25) is 0 Å². The van der Waals surface area contributed by atoms with E-state index in [1.807, 2.05) is 12.1 Å². The Morgan fingerprint density at radius 1 is 1.47 bits per heavy atom. The van der Waals surface area contributed by atoms with Gasteiger partial charge in [-0.25, -0.2) is 0 Å². The molecule has 0 heterocycles. The van der Waals surface area contributed by atoms with Crippen LogP contribution >= 0.6 is 23.8 Å². The van der Waals surface area contributed by atoms with Crippen LogP contribution in [0.3, 0.4) is 0 Å². The summed E-state index contributed by atoms with van der Waals surface area (Å²) in [5.41, 5.74) is 7.29. The van der Waals surface area contributed by atoms with E-state index in [1.165, 1.54) is 0 Å². The maximum Gasteiger partial charge on any atom is 0.104 e. The predicted octanol–water partition coefficient (Wildman–Crippen LogP) is 3.54. The zero-order valence-electron chi connectivity index (χ0n) is 10.2. The summed E-state index contributed by atoms with van der Waals surface area (Å²) in [6.07, 6.45) is 1.06. The van der Waals surface area contributed by atoms with Crippen LogP contribution in [0.15, 0.2) is 18.2 Å². The van der Waals surface area contributed by atoms with Crippen LogP contribution in [0.4, 0.5) is 0 Å². The zero-order valence-corrected chi connectivity index (χ0v) is 11.8. The molecule has 17 heavy (non-hydrogen) atoms. The molecule has 1 rings (SSSR count). The second-order valence-electron chi connectivity index (χ2n) is 4.41. The molecule has 1 aromatic rings. The molecule has 0 spiro atoms. The van der Waals surface area contributed by atoms with Gasteiger partial charge in [0, 0.05) is 17.2 Å². The SMILES string of the molecule is CC(C)CCOCc1ccc(C(N)=S)cc1Cl. The summed E-state index contributed by atoms with van der Waals surface area (Å²) >= 11 is 11.0. The average Bonchev–Trinajstić information content (AvgIpc) is 2.25. The van der Waals surface area contributed by atoms with Crippen molar-refractivity contribution in [2.45, 2.75) is 26.9 Å². The van der Waals surface area contributed by atoms with Crippen LogP contribution in [0.5, 0.6) is 0 Å². The van der Waals surface area contributed by atoms with E-state index in [2.05, 4.69) is 13.8 Å². The molecule has 0 fully saturated rings. The van der Waals surface area contributed by atoms with Crippen molar-refractivity contribution in [2.24, 2.45) is 11.7 Å². The summed E-state index contributed by atoms with van der Waals surface area (Å²) in [4.78, 5) is 0.360. The van der Waals surface area contributed by atoms with Gasteiger partial charge in [0.05, 0.1) is 6.61 Å². The lowest BCUT2D eigenvalue weighted by Gasteiger charge is -2.09. The van der Waals surface area contributed by atoms with E-state index >= 15 is 0 Å². The first-order valence-electron chi connectivity index (χ1n) is 5.66. The molecule has 2 N–H and O–H groups in total. The first-order valence-corrected chi connectivity index (χ1v) is 6.45. The number of ether oxygens (including phenoxy) is 1. The van der Waals surface area contributed by atoms with Gasteiger partial charge in [0.25, 0.3) is 0 Å². The maximum atomic E-state index is 6.12. The van der Waals surface area contributed by atoms with Gasteiger partial charge in [0.1, 0.15) is 4.99 Å². The smallest absolute Gasteiger partial charge is 0.104 e. The minimum absolute atomic E-state index is 0.360. The quantitative estimate of drug-likeness (QED) is 0.635. The standard InChI is InChI=1S/C13H18ClNOS/c1-9(2)5-6-16-8-11-4-3-10(13(15)17)7-12(11)14/h3-4,7,9H,5-6,8H2,1-2H3,(H2,15,17). The zero-order chi connectivity index (χ0) is 12.8. The molecule has 1 aromatic carbocycles. The number of rotatable bonds is 6. The molecular formula is C13H18ClNOS. The highest BCUT2D eigenvalue weighted by molar-refractivity contribution is 7.80. The molecule has 0 saturated carbocycles. The second-order valence-corrected chi connectivity index (χ2v) is 5.25. The normalized spacial score (nSPS) is 10.8. The Morgan fingerprint density at radius 2 is 2.18 bits per heavy atom. The summed E-state index contributed by atoms with van der Waals surface area (Å²) in [5, 5.41) is 0.653. The van der Waals surface area contributed by atoms with Crippen LogP contribution in [0.1, 0.15) is 31.4 Å². The number of hydrogen-bond acceptors (Lipinski definition) is 2. The predicted molar refractivity (Wildman–Crippen MR) is 76.5 cm³/mol. The van der Waals surface area contributed by atoms with Gasteiger partial charge in [-0.05, 0) is 24.0 Å². The number of benzene rings is 1. The molecule has 0 radical (unpaired) electrons. The van der Waals surface area contributed by atoms with Crippen molar-refractivity contribution >= 4 is 28.8 Å². The molecule has 0 saturated heterocycles. The van der Waals surface area contributed by atoms with Crippen LogP contribution in [-0.4, -0.2) is 11.6 Å². The van der Waals surface area contributed by atoms with Crippen LogP contribution in [0, 0.1) is 5.92 Å². The number of halogens is 1. The Kier molecular flexibility index (Phi) is 5.89. The fraction of sp³-hybridized carbons (Fsp3) is 0.462. The van der Waals surface area contributed by atoms with E-state index in [0.717, 1.165) is 24.2 Å². The Balaban J connectivity index is 2.52. The molecule has 0 atom stereocenters. The first kappa shape index (κ1) is 14.4. The van der Waals surface area contributed by atoms with Gasteiger partial charge in [-0.15, -0.1) is 0 Å². The second kappa shape index (κ2) is 6.94. The van der Waals surface area contributed by atoms with E-state index in [-0.39, 0.29) is 0 Å². The lowest BCUT2D eigenvalue weighted by molar-refractivity contribution is 0.111. The van der Waals surface area contributed by atoms with Crippen LogP contribution < -0.4 is 5.73 Å². The summed E-state index contributed by atoms with van der Waals surface area (Å²) in [7, 11) is 0. The molecule has 94 valence electrons. The summed E-state index contributed by atoms with van der Waals surface area (Å²) in [6.45, 7) is 5.63. The number of thiocarbonyl (C=S) groups is 1. The largest absolute Gasteiger partial charge is 0.389 e. The van der Waals surface area contributed by atoms with Gasteiger partial charge in [0.15, 0.2) is 0 Å². The van der Waals surface area contributed by atoms with E-state index in [0.29, 0.717) is 22.5 Å². The van der Waals surface area contributed by atoms with E-state index in [4.69, 9.17) is 34.3 Å². The van der Waals surface area contributed by atoms with Gasteiger partial charge in [-0.1, -0.05) is 49.8 Å². The maximum absolute atomic E-state index is 6.12. The Morgan fingerprint density at radius 3 is 2.71 bits per heavy atom. The minimum atomic E-state index is 0.360. The molecule has 0 amide bonds. The van der Waals surface area contributed by atoms with Crippen LogP contribution in [-0.2, 0) is 11.3 Å². The Bertz CT molecular complexity index is 393. The molecule has 0 aliphatic heterocycles. The number of hydrogen-bond donors (Lipinski definition) is 1. The van der Waals surface area contributed by atoms with Gasteiger partial charge in [-0.2, -0.15) is 0 Å². The monoisotopic (exact) mass is 271 g/mol. The molecule has 0 unspecified atom stereocenters. The highest BCUT2D eigenvalue weighted by atomic mass is 35.5. The lowest BCUT2D eigenvalue weighted by atomic mass is 10.1. The summed E-state index contributed by atoms with van der Waals surface area (Å²) in [6, 6.07) is 5.56. The van der Waals surface area contributed by atoms with E-state index in [9.17, 15) is 0 Å². The van der Waals surface area contributed by atoms with Gasteiger partial charge >= 0.3 is 0 Å². The van der Waals surface area contributed by atoms with Crippen LogP contribution in [0.2, 0.25) is 5.02 Å². The van der Waals surface area contributed by atoms with Gasteiger partial charge in [0.2, 0.25) is 0 Å². The highest BCUT2D eigenvalue weighted by Gasteiger charge is 2.04. The van der Waals surface area contributed by atoms with Crippen molar-refractivity contribution < 1.29 is 4.74 Å². The molecule has 2 nitrogen and oxygen atoms in total. The van der Waals surface area contributed by atoms with Crippen molar-refractivity contribution in [3.63, 3.8) is 0 Å². The third-order valence-electron chi connectivity index (χ3n) is 2.43. The third kappa shape index (κ3) is 5.02. The van der Waals surface area contributed by atoms with Crippen molar-refractivity contribution in [3.05, 3.63) is 34.3 Å². The van der Waals surface area contributed by atoms with E-state index in [1.54, 1.807) is 6.07 Å². The highest BCUT2D eigenvalue weighted by Crippen LogP contribution is 2.19. The average molecular weight is 272 g/mol. The summed E-state index contributed by atoms with van der Waals surface area (Å²) in [5.74, 6) is 0.655. The fourth-order valence-electron chi connectivity index (χ4n) is 1.32. The lowest BCUT2D eigenvalue weighted by Crippen LogP contribution is -2.09. The van der Waals surface area contributed by atoms with Crippen molar-refractivity contribution in [1.82, 2.24) is 0 Å². The van der Waals surface area contributed by atoms with Crippen molar-refractivity contribution in [3.8, 4) is 0 Å². The molecule has 0 aromatic heterocycles. The molecule has 0 aliphatic rings. The molecule has 4 heteroatoms. The summed E-state index contributed by atoms with van der Waals surface area (Å²) < 4.78 is 5.56. The van der Waals surface area contributed by atoms with Crippen molar-refractivity contribution in [2.75, 3.05) is 6.61 Å². The minimum Gasteiger partial charge on any atom is -0.389 e. The number of nitrogens with two attached hydrogens (primary N) is 1. The molecule has 0 aliphatic carbocycles. The van der Waals surface area contributed by atoms with E-state index < -0.39 is 0 Å². The third-order valence-corrected chi connectivity index (χ3v) is 3.02. The van der Waals surface area contributed by atoms with Crippen LogP contribution in [0.25, 0.3) is 0 Å². The topological polar surface area (TPSA) is 35.2 Å². The van der Waals surface area contributed by atoms with Gasteiger partial charge < -0.3 is 10.5 Å². The van der Waals surface area contributed by atoms with Crippen molar-refractivity contribution in [1.29, 1.82) is 0 Å². The fourth-order valence-corrected chi connectivity index (χ4v) is 1.68. The Hall–Kier alpha value is -0.640. The molecular weight excluding hydrogens is 254 g/mol. The Labute approximate surface area is 113 Å². The molecule has 0 bridgehead atoms. The first-order chi connectivity index (χ1) is 8.00.